The molecule has 0 spiro atoms. The molecular formula is C7H6O2. The van der Waals surface area contributed by atoms with Crippen LogP contribution in [0.25, 0.3) is 0 Å². The quantitative estimate of drug-likeness (QED) is 0.451. The van der Waals surface area contributed by atoms with Gasteiger partial charge in [0.2, 0.25) is 0 Å². The molecule has 0 N–H and O–H groups in total. The number of hydrogen-bond acceptors (Lipinski definition) is 2. The van der Waals surface area contributed by atoms with E-state index in [1.54, 1.807) is 6.26 Å². The van der Waals surface area contributed by atoms with Gasteiger partial charge < -0.3 is 4.89 Å². The fraction of sp³-hybridized carbons (Fsp3) is 0.143. The predicted molar refractivity (Wildman–Crippen MR) is 32.3 cm³/mol. The molecule has 0 aromatic rings. The Labute approximate surface area is 53.0 Å². The van der Waals surface area contributed by atoms with Crippen LogP contribution in [-0.4, -0.2) is 6.10 Å². The Bertz CT molecular complexity index is 198. The second-order valence-corrected chi connectivity index (χ2v) is 1.97. The van der Waals surface area contributed by atoms with Crippen molar-refractivity contribution in [2.24, 2.45) is 0 Å². The Morgan fingerprint density at radius 3 is 3.22 bits per heavy atom. The highest BCUT2D eigenvalue weighted by Gasteiger charge is 2.18. The molecule has 2 heteroatoms. The van der Waals surface area contributed by atoms with Crippen molar-refractivity contribution in [3.63, 3.8) is 0 Å². The third-order valence-corrected chi connectivity index (χ3v) is 1.36. The highest BCUT2D eigenvalue weighted by atomic mass is 17.2. The van der Waals surface area contributed by atoms with Gasteiger partial charge in [0.25, 0.3) is 0 Å². The maximum atomic E-state index is 4.83. The van der Waals surface area contributed by atoms with Crippen LogP contribution in [0.5, 0.6) is 0 Å². The van der Waals surface area contributed by atoms with Gasteiger partial charge in [0.15, 0.2) is 6.10 Å². The summed E-state index contributed by atoms with van der Waals surface area (Å²) < 4.78 is 0. The summed E-state index contributed by atoms with van der Waals surface area (Å²) in [4.78, 5) is 9.45. The van der Waals surface area contributed by atoms with E-state index >= 15 is 0 Å². The lowest BCUT2D eigenvalue weighted by Crippen LogP contribution is -2.05. The Hall–Kier alpha value is -1.02. The van der Waals surface area contributed by atoms with Gasteiger partial charge in [-0.15, -0.1) is 0 Å². The van der Waals surface area contributed by atoms with Gasteiger partial charge in [-0.3, -0.25) is 0 Å². The monoisotopic (exact) mass is 122 g/mol. The van der Waals surface area contributed by atoms with E-state index in [9.17, 15) is 0 Å². The molecule has 1 unspecified atom stereocenters. The molecule has 2 rings (SSSR count). The third kappa shape index (κ3) is 0.678. The summed E-state index contributed by atoms with van der Waals surface area (Å²) in [5, 5.41) is 0. The van der Waals surface area contributed by atoms with Crippen LogP contribution in [0.4, 0.5) is 0 Å². The molecule has 1 heterocycles. The molecular weight excluding hydrogens is 116 g/mol. The molecule has 0 amide bonds. The normalized spacial score (nSPS) is 29.3. The highest BCUT2D eigenvalue weighted by Crippen LogP contribution is 2.20. The van der Waals surface area contributed by atoms with Crippen LogP contribution in [0, 0.1) is 0 Å². The van der Waals surface area contributed by atoms with E-state index in [1.807, 2.05) is 24.3 Å². The number of hydrogen-bond donors (Lipinski definition) is 0. The molecule has 2 nitrogen and oxygen atoms in total. The molecule has 0 radical (unpaired) electrons. The van der Waals surface area contributed by atoms with Crippen LogP contribution >= 0.6 is 0 Å². The summed E-state index contributed by atoms with van der Waals surface area (Å²) >= 11 is 0. The molecule has 2 aliphatic rings. The molecule has 0 saturated carbocycles. The smallest absolute Gasteiger partial charge is 0.151 e. The van der Waals surface area contributed by atoms with Crippen molar-refractivity contribution in [3.05, 3.63) is 36.1 Å². The summed E-state index contributed by atoms with van der Waals surface area (Å²) in [5.41, 5.74) is 1.08. The van der Waals surface area contributed by atoms with E-state index in [4.69, 9.17) is 4.89 Å². The molecule has 1 aliphatic carbocycles. The van der Waals surface area contributed by atoms with Crippen LogP contribution in [0.15, 0.2) is 36.1 Å². The largest absolute Gasteiger partial charge is 0.344 e. The maximum Gasteiger partial charge on any atom is 0.151 e. The van der Waals surface area contributed by atoms with Gasteiger partial charge in [-0.25, -0.2) is 0 Å². The van der Waals surface area contributed by atoms with Gasteiger partial charge in [-0.2, -0.15) is 4.89 Å². The van der Waals surface area contributed by atoms with Crippen LogP contribution in [0.1, 0.15) is 0 Å². The first kappa shape index (κ1) is 4.82. The van der Waals surface area contributed by atoms with Crippen LogP contribution in [0.3, 0.4) is 0 Å². The molecule has 1 atom stereocenters. The standard InChI is InChI=1S/C7H6O2/c1-2-4-7-6(3-1)5-8-9-7/h1-5,7H. The van der Waals surface area contributed by atoms with Gasteiger partial charge >= 0.3 is 0 Å². The van der Waals surface area contributed by atoms with Crippen molar-refractivity contribution in [1.29, 1.82) is 0 Å². The number of allylic oxidation sites excluding steroid dienone is 2. The van der Waals surface area contributed by atoms with Crippen molar-refractivity contribution in [1.82, 2.24) is 0 Å². The molecule has 0 bridgehead atoms. The molecule has 46 valence electrons. The van der Waals surface area contributed by atoms with Gasteiger partial charge in [-0.05, 0) is 6.08 Å². The molecule has 0 aromatic heterocycles. The summed E-state index contributed by atoms with van der Waals surface area (Å²) in [6, 6.07) is 0. The Balaban J connectivity index is 2.33. The maximum absolute atomic E-state index is 4.83. The highest BCUT2D eigenvalue weighted by molar-refractivity contribution is 5.34. The minimum atomic E-state index is 0.0370. The summed E-state index contributed by atoms with van der Waals surface area (Å²) in [6.07, 6.45) is 9.47. The fourth-order valence-electron chi connectivity index (χ4n) is 0.875. The minimum Gasteiger partial charge on any atom is -0.344 e. The third-order valence-electron chi connectivity index (χ3n) is 1.36. The molecule has 0 fully saturated rings. The first-order valence-corrected chi connectivity index (χ1v) is 2.84. The van der Waals surface area contributed by atoms with Crippen LogP contribution < -0.4 is 0 Å². The van der Waals surface area contributed by atoms with Gasteiger partial charge in [0.1, 0.15) is 6.26 Å². The molecule has 0 aromatic carbocycles. The Morgan fingerprint density at radius 2 is 2.33 bits per heavy atom. The minimum absolute atomic E-state index is 0.0370. The average molecular weight is 122 g/mol. The first-order valence-electron chi connectivity index (χ1n) is 2.84. The van der Waals surface area contributed by atoms with Crippen molar-refractivity contribution in [2.75, 3.05) is 0 Å². The second kappa shape index (κ2) is 1.74. The average Bonchev–Trinajstić information content (AvgIpc) is 2.33. The lowest BCUT2D eigenvalue weighted by molar-refractivity contribution is -0.241. The van der Waals surface area contributed by atoms with Crippen molar-refractivity contribution in [2.45, 2.75) is 6.10 Å². The van der Waals surface area contributed by atoms with Crippen molar-refractivity contribution < 1.29 is 9.78 Å². The van der Waals surface area contributed by atoms with Crippen molar-refractivity contribution in [3.8, 4) is 0 Å². The summed E-state index contributed by atoms with van der Waals surface area (Å²) in [5.74, 6) is 0. The van der Waals surface area contributed by atoms with Gasteiger partial charge in [0.05, 0.1) is 0 Å². The van der Waals surface area contributed by atoms with Gasteiger partial charge in [-0.1, -0.05) is 18.2 Å². The SMILES string of the molecule is C1=CC2=COOC2C=C1. The zero-order valence-electron chi connectivity index (χ0n) is 4.78. The number of rotatable bonds is 0. The van der Waals surface area contributed by atoms with E-state index < -0.39 is 0 Å². The Kier molecular flexibility index (Phi) is 0.932. The molecule has 9 heavy (non-hydrogen) atoms. The topological polar surface area (TPSA) is 18.5 Å². The van der Waals surface area contributed by atoms with Crippen LogP contribution in [-0.2, 0) is 9.78 Å². The summed E-state index contributed by atoms with van der Waals surface area (Å²) in [6.45, 7) is 0. The fourth-order valence-corrected chi connectivity index (χ4v) is 0.875. The Morgan fingerprint density at radius 1 is 1.33 bits per heavy atom. The first-order chi connectivity index (χ1) is 4.47. The van der Waals surface area contributed by atoms with E-state index in [1.165, 1.54) is 0 Å². The van der Waals surface area contributed by atoms with Gasteiger partial charge in [0, 0.05) is 5.57 Å². The summed E-state index contributed by atoms with van der Waals surface area (Å²) in [7, 11) is 0. The zero-order chi connectivity index (χ0) is 6.10. The second-order valence-electron chi connectivity index (χ2n) is 1.97. The van der Waals surface area contributed by atoms with Crippen LogP contribution in [0.2, 0.25) is 0 Å². The van der Waals surface area contributed by atoms with E-state index in [2.05, 4.69) is 4.89 Å². The zero-order valence-corrected chi connectivity index (χ0v) is 4.78. The van der Waals surface area contributed by atoms with E-state index in [-0.39, 0.29) is 6.10 Å². The number of fused-ring (bicyclic) bond motifs is 1. The molecule has 0 saturated heterocycles. The lowest BCUT2D eigenvalue weighted by Gasteiger charge is -2.04. The predicted octanol–water partition coefficient (Wildman–Crippen LogP) is 1.33. The van der Waals surface area contributed by atoms with E-state index in [0.717, 1.165) is 5.57 Å². The van der Waals surface area contributed by atoms with E-state index in [0.29, 0.717) is 0 Å². The lowest BCUT2D eigenvalue weighted by atomic mass is 10.1. The molecule has 1 aliphatic heterocycles. The van der Waals surface area contributed by atoms with Crippen molar-refractivity contribution >= 4 is 0 Å².